The van der Waals surface area contributed by atoms with Crippen LogP contribution in [0.3, 0.4) is 0 Å². The van der Waals surface area contributed by atoms with Gasteiger partial charge in [-0.1, -0.05) is 22.8 Å². The van der Waals surface area contributed by atoms with Crippen LogP contribution in [0.15, 0.2) is 28.8 Å². The maximum Gasteiger partial charge on any atom is 0.228 e. The van der Waals surface area contributed by atoms with E-state index in [-0.39, 0.29) is 24.2 Å². The van der Waals surface area contributed by atoms with Crippen LogP contribution in [0.2, 0.25) is 5.02 Å². The third-order valence-corrected chi connectivity index (χ3v) is 4.78. The molecule has 2 aromatic rings. The van der Waals surface area contributed by atoms with Gasteiger partial charge in [-0.3, -0.25) is 9.59 Å². The number of carbonyl (C=O) groups is 2. The van der Waals surface area contributed by atoms with Gasteiger partial charge in [-0.05, 0) is 32.0 Å². The molecule has 0 aliphatic carbocycles. The van der Waals surface area contributed by atoms with Crippen molar-refractivity contribution in [1.82, 2.24) is 10.1 Å². The van der Waals surface area contributed by atoms with Gasteiger partial charge in [0.2, 0.25) is 11.8 Å². The SMILES string of the molecule is Cc1noc(C)c1CN(C)C(=O)C1CC(=O)N(c2cccc(Cl)c2)C1. The van der Waals surface area contributed by atoms with Gasteiger partial charge in [0.15, 0.2) is 0 Å². The Bertz CT molecular complexity index is 798. The fourth-order valence-corrected chi connectivity index (χ4v) is 3.31. The van der Waals surface area contributed by atoms with Crippen molar-refractivity contribution >= 4 is 29.1 Å². The second-order valence-electron chi connectivity index (χ2n) is 6.38. The van der Waals surface area contributed by atoms with Crippen LogP contribution in [0.5, 0.6) is 0 Å². The van der Waals surface area contributed by atoms with E-state index in [0.29, 0.717) is 23.9 Å². The molecular weight excluding hydrogens is 342 g/mol. The van der Waals surface area contributed by atoms with Crippen LogP contribution in [0.1, 0.15) is 23.4 Å². The molecule has 2 amide bonds. The highest BCUT2D eigenvalue weighted by Gasteiger charge is 2.36. The Kier molecular flexibility index (Phi) is 4.81. The smallest absolute Gasteiger partial charge is 0.228 e. The second-order valence-corrected chi connectivity index (χ2v) is 6.82. The Labute approximate surface area is 151 Å². The van der Waals surface area contributed by atoms with Gasteiger partial charge in [0.05, 0.1) is 18.2 Å². The van der Waals surface area contributed by atoms with Crippen LogP contribution in [0.25, 0.3) is 0 Å². The first-order valence-electron chi connectivity index (χ1n) is 8.09. The van der Waals surface area contributed by atoms with Crippen molar-refractivity contribution in [2.45, 2.75) is 26.8 Å². The summed E-state index contributed by atoms with van der Waals surface area (Å²) in [7, 11) is 1.74. The molecule has 1 aromatic carbocycles. The summed E-state index contributed by atoms with van der Waals surface area (Å²) in [6, 6.07) is 7.11. The molecule has 1 aromatic heterocycles. The summed E-state index contributed by atoms with van der Waals surface area (Å²) in [6.07, 6.45) is 0.206. The lowest BCUT2D eigenvalue weighted by Crippen LogP contribution is -2.34. The van der Waals surface area contributed by atoms with Crippen molar-refractivity contribution in [2.75, 3.05) is 18.5 Å². The zero-order valence-corrected chi connectivity index (χ0v) is 15.2. The van der Waals surface area contributed by atoms with Crippen molar-refractivity contribution in [3.05, 3.63) is 46.3 Å². The van der Waals surface area contributed by atoms with E-state index < -0.39 is 0 Å². The molecule has 1 unspecified atom stereocenters. The van der Waals surface area contributed by atoms with E-state index in [4.69, 9.17) is 16.1 Å². The van der Waals surface area contributed by atoms with Gasteiger partial charge in [-0.25, -0.2) is 0 Å². The third-order valence-electron chi connectivity index (χ3n) is 4.55. The minimum Gasteiger partial charge on any atom is -0.361 e. The van der Waals surface area contributed by atoms with Gasteiger partial charge in [-0.15, -0.1) is 0 Å². The van der Waals surface area contributed by atoms with E-state index in [1.165, 1.54) is 0 Å². The van der Waals surface area contributed by atoms with Gasteiger partial charge in [0.1, 0.15) is 5.76 Å². The first-order valence-corrected chi connectivity index (χ1v) is 8.47. The van der Waals surface area contributed by atoms with E-state index in [0.717, 1.165) is 16.9 Å². The molecular formula is C18H20ClN3O3. The second kappa shape index (κ2) is 6.88. The number of rotatable bonds is 4. The summed E-state index contributed by atoms with van der Waals surface area (Å²) in [4.78, 5) is 28.3. The number of aryl methyl sites for hydroxylation is 2. The van der Waals surface area contributed by atoms with E-state index in [2.05, 4.69) is 5.16 Å². The summed E-state index contributed by atoms with van der Waals surface area (Å²) in [5, 5.41) is 4.48. The first kappa shape index (κ1) is 17.5. The van der Waals surface area contributed by atoms with E-state index in [1.807, 2.05) is 19.9 Å². The van der Waals surface area contributed by atoms with Crippen LogP contribution in [0.4, 0.5) is 5.69 Å². The van der Waals surface area contributed by atoms with E-state index in [1.54, 1.807) is 35.0 Å². The summed E-state index contributed by atoms with van der Waals surface area (Å²) in [5.74, 6) is 0.224. The van der Waals surface area contributed by atoms with Crippen molar-refractivity contribution in [1.29, 1.82) is 0 Å². The summed E-state index contributed by atoms with van der Waals surface area (Å²) in [6.45, 7) is 4.46. The number of amides is 2. The maximum absolute atomic E-state index is 12.8. The predicted molar refractivity (Wildman–Crippen MR) is 94.4 cm³/mol. The Morgan fingerprint density at radius 3 is 2.84 bits per heavy atom. The van der Waals surface area contributed by atoms with Crippen LogP contribution < -0.4 is 4.90 Å². The topological polar surface area (TPSA) is 66.7 Å². The van der Waals surface area contributed by atoms with Crippen molar-refractivity contribution in [2.24, 2.45) is 5.92 Å². The fraction of sp³-hybridized carbons (Fsp3) is 0.389. The van der Waals surface area contributed by atoms with Gasteiger partial charge in [0, 0.05) is 36.3 Å². The number of nitrogens with zero attached hydrogens (tertiary/aromatic N) is 3. The molecule has 1 aliphatic heterocycles. The van der Waals surface area contributed by atoms with Gasteiger partial charge in [-0.2, -0.15) is 0 Å². The van der Waals surface area contributed by atoms with Crippen LogP contribution >= 0.6 is 11.6 Å². The Morgan fingerprint density at radius 2 is 2.20 bits per heavy atom. The zero-order chi connectivity index (χ0) is 18.1. The number of benzene rings is 1. The molecule has 1 fully saturated rings. The summed E-state index contributed by atoms with van der Waals surface area (Å²) in [5.41, 5.74) is 2.41. The molecule has 0 bridgehead atoms. The highest BCUT2D eigenvalue weighted by atomic mass is 35.5. The standard InChI is InChI=1S/C18H20ClN3O3/c1-11-16(12(2)25-20-11)10-21(3)18(24)13-7-17(23)22(9-13)15-6-4-5-14(19)8-15/h4-6,8,13H,7,9-10H2,1-3H3. The molecule has 0 radical (unpaired) electrons. The minimum absolute atomic E-state index is 0.0575. The molecule has 7 heteroatoms. The monoisotopic (exact) mass is 361 g/mol. The molecule has 0 saturated carbocycles. The minimum atomic E-state index is -0.364. The quantitative estimate of drug-likeness (QED) is 0.839. The zero-order valence-electron chi connectivity index (χ0n) is 14.5. The highest BCUT2D eigenvalue weighted by molar-refractivity contribution is 6.30. The number of halogens is 1. The Balaban J connectivity index is 1.70. The molecule has 1 saturated heterocycles. The van der Waals surface area contributed by atoms with Gasteiger partial charge in [0.25, 0.3) is 0 Å². The first-order chi connectivity index (χ1) is 11.9. The molecule has 25 heavy (non-hydrogen) atoms. The van der Waals surface area contributed by atoms with Crippen molar-refractivity contribution in [3.8, 4) is 0 Å². The molecule has 132 valence electrons. The average molecular weight is 362 g/mol. The van der Waals surface area contributed by atoms with Crippen LogP contribution in [0, 0.1) is 19.8 Å². The normalized spacial score (nSPS) is 17.2. The number of hydrogen-bond acceptors (Lipinski definition) is 4. The predicted octanol–water partition coefficient (Wildman–Crippen LogP) is 2.96. The molecule has 2 heterocycles. The molecule has 0 N–H and O–H groups in total. The highest BCUT2D eigenvalue weighted by Crippen LogP contribution is 2.28. The van der Waals surface area contributed by atoms with Crippen LogP contribution in [-0.4, -0.2) is 35.5 Å². The Hall–Kier alpha value is -2.34. The molecule has 3 rings (SSSR count). The lowest BCUT2D eigenvalue weighted by atomic mass is 10.1. The number of carbonyl (C=O) groups excluding carboxylic acids is 2. The van der Waals surface area contributed by atoms with Crippen LogP contribution in [-0.2, 0) is 16.1 Å². The molecule has 1 aliphatic rings. The summed E-state index contributed by atoms with van der Waals surface area (Å²) >= 11 is 6.00. The maximum atomic E-state index is 12.8. The lowest BCUT2D eigenvalue weighted by Gasteiger charge is -2.21. The average Bonchev–Trinajstić information content (AvgIpc) is 3.11. The molecule has 1 atom stereocenters. The fourth-order valence-electron chi connectivity index (χ4n) is 3.12. The number of anilines is 1. The van der Waals surface area contributed by atoms with Crippen molar-refractivity contribution in [3.63, 3.8) is 0 Å². The largest absolute Gasteiger partial charge is 0.361 e. The summed E-state index contributed by atoms with van der Waals surface area (Å²) < 4.78 is 5.14. The Morgan fingerprint density at radius 1 is 1.44 bits per heavy atom. The third kappa shape index (κ3) is 3.54. The molecule has 0 spiro atoms. The van der Waals surface area contributed by atoms with Gasteiger partial charge >= 0.3 is 0 Å². The molecule has 6 nitrogen and oxygen atoms in total. The lowest BCUT2D eigenvalue weighted by molar-refractivity contribution is -0.135. The van der Waals surface area contributed by atoms with E-state index in [9.17, 15) is 9.59 Å². The number of aromatic nitrogens is 1. The van der Waals surface area contributed by atoms with E-state index >= 15 is 0 Å². The number of hydrogen-bond donors (Lipinski definition) is 0. The van der Waals surface area contributed by atoms with Gasteiger partial charge < -0.3 is 14.3 Å². The van der Waals surface area contributed by atoms with Crippen molar-refractivity contribution < 1.29 is 14.1 Å².